The number of piperazine rings is 1. The maximum Gasteiger partial charge on any atom is 0.407 e. The molecule has 0 unspecified atom stereocenters. The van der Waals surface area contributed by atoms with Gasteiger partial charge in [0, 0.05) is 44.4 Å². The molecule has 1 fully saturated rings. The van der Waals surface area contributed by atoms with Gasteiger partial charge in [-0.2, -0.15) is 0 Å². The maximum absolute atomic E-state index is 12.8. The highest BCUT2D eigenvalue weighted by Crippen LogP contribution is 2.28. The highest BCUT2D eigenvalue weighted by molar-refractivity contribution is 5.95. The summed E-state index contributed by atoms with van der Waals surface area (Å²) in [5.41, 5.74) is 0.512. The number of amides is 3. The predicted octanol–water partition coefficient (Wildman–Crippen LogP) is 3.65. The van der Waals surface area contributed by atoms with Crippen LogP contribution in [0.25, 0.3) is 0 Å². The molecule has 1 heterocycles. The van der Waals surface area contributed by atoms with E-state index in [0.717, 1.165) is 5.56 Å². The lowest BCUT2D eigenvalue weighted by molar-refractivity contribution is 0.0523. The fourth-order valence-electron chi connectivity index (χ4n) is 3.35. The van der Waals surface area contributed by atoms with Gasteiger partial charge in [-0.25, -0.2) is 9.59 Å². The number of nitrogens with zero attached hydrogens (tertiary/aromatic N) is 2. The lowest BCUT2D eigenvalue weighted by Gasteiger charge is -2.33. The molecule has 10 nitrogen and oxygen atoms in total. The number of benzene rings is 2. The molecular weight excluding hydrogens is 442 g/mol. The van der Waals surface area contributed by atoms with Crippen LogP contribution >= 0.6 is 0 Å². The lowest BCUT2D eigenvalue weighted by Crippen LogP contribution is -2.50. The van der Waals surface area contributed by atoms with E-state index in [0.29, 0.717) is 5.75 Å². The van der Waals surface area contributed by atoms with Crippen molar-refractivity contribution in [3.05, 3.63) is 53.6 Å². The van der Waals surface area contributed by atoms with Crippen molar-refractivity contribution in [2.24, 2.45) is 0 Å². The summed E-state index contributed by atoms with van der Waals surface area (Å²) in [6.07, 6.45) is -1.51. The number of carboxylic acid groups (broad SMARTS) is 1. The van der Waals surface area contributed by atoms with Crippen molar-refractivity contribution in [2.45, 2.75) is 32.9 Å². The molecule has 2 aromatic carbocycles. The third kappa shape index (κ3) is 7.03. The quantitative estimate of drug-likeness (QED) is 0.607. The molecule has 0 spiro atoms. The number of rotatable bonds is 5. The van der Waals surface area contributed by atoms with Crippen molar-refractivity contribution in [3.63, 3.8) is 0 Å². The van der Waals surface area contributed by atoms with Gasteiger partial charge in [0.25, 0.3) is 5.91 Å². The zero-order valence-electron chi connectivity index (χ0n) is 19.4. The Morgan fingerprint density at radius 3 is 2.15 bits per heavy atom. The highest BCUT2D eigenvalue weighted by Gasteiger charge is 2.25. The Balaban J connectivity index is 1.60. The molecule has 182 valence electrons. The van der Waals surface area contributed by atoms with Crippen molar-refractivity contribution in [2.75, 3.05) is 26.2 Å². The fourth-order valence-corrected chi connectivity index (χ4v) is 3.35. The minimum atomic E-state index is -1.01. The molecule has 3 rings (SSSR count). The second-order valence-corrected chi connectivity index (χ2v) is 8.88. The highest BCUT2D eigenvalue weighted by atomic mass is 16.6. The Bertz CT molecular complexity index is 1040. The summed E-state index contributed by atoms with van der Waals surface area (Å²) >= 11 is 0. The smallest absolute Gasteiger partial charge is 0.407 e. The number of aromatic hydroxyl groups is 1. The number of hydrogen-bond donors (Lipinski definition) is 3. The summed E-state index contributed by atoms with van der Waals surface area (Å²) in [5, 5.41) is 21.8. The Morgan fingerprint density at radius 1 is 0.941 bits per heavy atom. The Labute approximate surface area is 197 Å². The van der Waals surface area contributed by atoms with Gasteiger partial charge in [-0.15, -0.1) is 0 Å². The summed E-state index contributed by atoms with van der Waals surface area (Å²) in [6.45, 7) is 6.67. The average molecular weight is 472 g/mol. The van der Waals surface area contributed by atoms with E-state index >= 15 is 0 Å². The van der Waals surface area contributed by atoms with Gasteiger partial charge in [0.15, 0.2) is 0 Å². The van der Waals surface area contributed by atoms with Crippen molar-refractivity contribution in [3.8, 4) is 17.2 Å². The molecule has 0 aliphatic carbocycles. The summed E-state index contributed by atoms with van der Waals surface area (Å²) < 4.78 is 11.0. The molecule has 0 aromatic heterocycles. The van der Waals surface area contributed by atoms with Crippen LogP contribution in [0.15, 0.2) is 42.5 Å². The van der Waals surface area contributed by atoms with Gasteiger partial charge >= 0.3 is 12.2 Å². The van der Waals surface area contributed by atoms with Crippen LogP contribution in [0.1, 0.15) is 36.7 Å². The molecule has 0 saturated carbocycles. The zero-order chi connectivity index (χ0) is 24.9. The van der Waals surface area contributed by atoms with Crippen LogP contribution in [0.5, 0.6) is 17.2 Å². The van der Waals surface area contributed by atoms with E-state index in [9.17, 15) is 19.5 Å². The number of alkyl carbamates (subject to hydrolysis) is 1. The molecule has 1 aliphatic heterocycles. The number of carbonyl (C=O) groups excluding carboxylic acids is 2. The molecule has 34 heavy (non-hydrogen) atoms. The largest absolute Gasteiger partial charge is 0.508 e. The van der Waals surface area contributed by atoms with Gasteiger partial charge in [-0.3, -0.25) is 4.79 Å². The van der Waals surface area contributed by atoms with E-state index in [4.69, 9.17) is 14.6 Å². The van der Waals surface area contributed by atoms with Crippen LogP contribution in [-0.2, 0) is 11.3 Å². The topological polar surface area (TPSA) is 129 Å². The standard InChI is InChI=1S/C24H29N3O7/c1-24(2,3)34-22(30)25-15-16-4-6-19(7-5-16)33-20-13-17(12-18(28)14-20)21(29)26-8-10-27(11-9-26)23(31)32/h4-7,12-14,28H,8-11,15H2,1-3H3,(H,25,30)(H,31,32). The Kier molecular flexibility index (Phi) is 7.50. The van der Waals surface area contributed by atoms with Crippen molar-refractivity contribution in [1.82, 2.24) is 15.1 Å². The van der Waals surface area contributed by atoms with Crippen LogP contribution in [0.3, 0.4) is 0 Å². The average Bonchev–Trinajstić information content (AvgIpc) is 2.76. The van der Waals surface area contributed by atoms with E-state index in [1.54, 1.807) is 49.9 Å². The van der Waals surface area contributed by atoms with Gasteiger partial charge in [0.1, 0.15) is 22.8 Å². The van der Waals surface area contributed by atoms with Crippen LogP contribution in [0, 0.1) is 0 Å². The summed E-state index contributed by atoms with van der Waals surface area (Å²) in [7, 11) is 0. The minimum absolute atomic E-state index is 0.122. The first kappa shape index (κ1) is 24.7. The molecule has 0 bridgehead atoms. The Hall–Kier alpha value is -3.95. The number of ether oxygens (including phenoxy) is 2. The second-order valence-electron chi connectivity index (χ2n) is 8.88. The molecule has 0 radical (unpaired) electrons. The van der Waals surface area contributed by atoms with E-state index < -0.39 is 17.8 Å². The first-order chi connectivity index (χ1) is 16.0. The first-order valence-electron chi connectivity index (χ1n) is 10.8. The Morgan fingerprint density at radius 2 is 1.56 bits per heavy atom. The SMILES string of the molecule is CC(C)(C)OC(=O)NCc1ccc(Oc2cc(O)cc(C(=O)N3CCN(C(=O)O)CC3)c2)cc1. The van der Waals surface area contributed by atoms with Gasteiger partial charge in [-0.1, -0.05) is 12.1 Å². The van der Waals surface area contributed by atoms with Crippen LogP contribution in [0.4, 0.5) is 9.59 Å². The molecule has 1 saturated heterocycles. The van der Waals surface area contributed by atoms with Crippen LogP contribution < -0.4 is 10.1 Å². The third-order valence-corrected chi connectivity index (χ3v) is 4.97. The molecule has 3 amide bonds. The minimum Gasteiger partial charge on any atom is -0.508 e. The number of hydrogen-bond acceptors (Lipinski definition) is 6. The third-order valence-electron chi connectivity index (χ3n) is 4.97. The van der Waals surface area contributed by atoms with Gasteiger partial charge in [0.05, 0.1) is 0 Å². The lowest BCUT2D eigenvalue weighted by atomic mass is 10.1. The number of phenolic OH excluding ortho intramolecular Hbond substituents is 1. The summed E-state index contributed by atoms with van der Waals surface area (Å²) in [6, 6.07) is 11.3. The van der Waals surface area contributed by atoms with E-state index in [2.05, 4.69) is 5.32 Å². The molecule has 1 aliphatic rings. The van der Waals surface area contributed by atoms with Crippen LogP contribution in [-0.4, -0.2) is 69.9 Å². The number of phenols is 1. The number of nitrogens with one attached hydrogen (secondary N) is 1. The number of carbonyl (C=O) groups is 3. The second kappa shape index (κ2) is 10.3. The van der Waals surface area contributed by atoms with Gasteiger partial charge in [0.2, 0.25) is 0 Å². The summed E-state index contributed by atoms with van der Waals surface area (Å²) in [5.74, 6) is 0.338. The van der Waals surface area contributed by atoms with Crippen LogP contribution in [0.2, 0.25) is 0 Å². The molecule has 10 heteroatoms. The summed E-state index contributed by atoms with van der Waals surface area (Å²) in [4.78, 5) is 38.5. The predicted molar refractivity (Wildman–Crippen MR) is 123 cm³/mol. The van der Waals surface area contributed by atoms with Crippen molar-refractivity contribution in [1.29, 1.82) is 0 Å². The molecular formula is C24H29N3O7. The van der Waals surface area contributed by atoms with Gasteiger partial charge < -0.3 is 34.8 Å². The zero-order valence-corrected chi connectivity index (χ0v) is 19.4. The fraction of sp³-hybridized carbons (Fsp3) is 0.375. The van der Waals surface area contributed by atoms with Crippen molar-refractivity contribution >= 4 is 18.1 Å². The monoisotopic (exact) mass is 471 g/mol. The normalized spacial score (nSPS) is 13.9. The molecule has 2 aromatic rings. The van der Waals surface area contributed by atoms with E-state index in [1.165, 1.54) is 23.1 Å². The maximum atomic E-state index is 12.8. The van der Waals surface area contributed by atoms with E-state index in [-0.39, 0.29) is 55.7 Å². The first-order valence-corrected chi connectivity index (χ1v) is 10.8. The van der Waals surface area contributed by atoms with E-state index in [1.807, 2.05) is 0 Å². The molecule has 0 atom stereocenters. The molecule has 3 N–H and O–H groups in total. The van der Waals surface area contributed by atoms with Crippen molar-refractivity contribution < 1.29 is 34.1 Å². The van der Waals surface area contributed by atoms with Gasteiger partial charge in [-0.05, 0) is 50.6 Å².